The van der Waals surface area contributed by atoms with Crippen molar-refractivity contribution in [3.63, 3.8) is 0 Å². The van der Waals surface area contributed by atoms with Gasteiger partial charge in [0.1, 0.15) is 0 Å². The van der Waals surface area contributed by atoms with Crippen LogP contribution in [-0.4, -0.2) is 49.4 Å². The molecule has 24 heavy (non-hydrogen) atoms. The quantitative estimate of drug-likeness (QED) is 0.790. The molecule has 5 nitrogen and oxygen atoms in total. The summed E-state index contributed by atoms with van der Waals surface area (Å²) >= 11 is 0. The third kappa shape index (κ3) is 5.31. The number of amides is 1. The zero-order valence-electron chi connectivity index (χ0n) is 14.9. The second-order valence-corrected chi connectivity index (χ2v) is 8.84. The lowest BCUT2D eigenvalue weighted by Gasteiger charge is -2.31. The first-order chi connectivity index (χ1) is 11.3. The first-order valence-corrected chi connectivity index (χ1v) is 10.4. The lowest BCUT2D eigenvalue weighted by molar-refractivity contribution is -0.133. The van der Waals surface area contributed by atoms with Gasteiger partial charge in [-0.1, -0.05) is 31.2 Å². The summed E-state index contributed by atoms with van der Waals surface area (Å²) in [5.41, 5.74) is 2.03. The van der Waals surface area contributed by atoms with Crippen molar-refractivity contribution < 1.29 is 13.2 Å². The Balaban J connectivity index is 1.99. The standard InChI is InChI=1S/C18H28N2O3S/c1-15-7-6-11-19(13-15)18(21)10-12-20(24(3,22)23)14-17-9-5-4-8-16(17)2/h4-5,8-9,15H,6-7,10-14H2,1-3H3. The van der Waals surface area contributed by atoms with Crippen molar-refractivity contribution in [1.29, 1.82) is 0 Å². The summed E-state index contributed by atoms with van der Waals surface area (Å²) < 4.78 is 25.6. The first kappa shape index (κ1) is 18.9. The third-order valence-corrected chi connectivity index (χ3v) is 5.91. The van der Waals surface area contributed by atoms with E-state index in [1.54, 1.807) is 0 Å². The summed E-state index contributed by atoms with van der Waals surface area (Å²) in [4.78, 5) is 14.3. The van der Waals surface area contributed by atoms with Gasteiger partial charge in [0.25, 0.3) is 0 Å². The van der Waals surface area contributed by atoms with E-state index in [4.69, 9.17) is 0 Å². The molecule has 0 bridgehead atoms. The first-order valence-electron chi connectivity index (χ1n) is 8.55. The lowest BCUT2D eigenvalue weighted by Crippen LogP contribution is -2.41. The molecule has 1 amide bonds. The maximum atomic E-state index is 12.4. The van der Waals surface area contributed by atoms with Gasteiger partial charge in [-0.2, -0.15) is 4.31 Å². The fourth-order valence-corrected chi connectivity index (χ4v) is 3.93. The van der Waals surface area contributed by atoms with E-state index in [9.17, 15) is 13.2 Å². The van der Waals surface area contributed by atoms with Crippen molar-refractivity contribution in [3.8, 4) is 0 Å². The number of carbonyl (C=O) groups is 1. The maximum absolute atomic E-state index is 12.4. The molecule has 0 aliphatic carbocycles. The number of hydrogen-bond acceptors (Lipinski definition) is 3. The van der Waals surface area contributed by atoms with Gasteiger partial charge in [0.15, 0.2) is 0 Å². The highest BCUT2D eigenvalue weighted by Crippen LogP contribution is 2.17. The van der Waals surface area contributed by atoms with E-state index in [1.165, 1.54) is 10.6 Å². The third-order valence-electron chi connectivity index (χ3n) is 4.66. The second kappa shape index (κ2) is 8.12. The highest BCUT2D eigenvalue weighted by atomic mass is 32.2. The molecule has 1 fully saturated rings. The largest absolute Gasteiger partial charge is 0.342 e. The van der Waals surface area contributed by atoms with Crippen LogP contribution < -0.4 is 0 Å². The van der Waals surface area contributed by atoms with Crippen LogP contribution in [0.15, 0.2) is 24.3 Å². The van der Waals surface area contributed by atoms with E-state index in [0.717, 1.165) is 37.1 Å². The van der Waals surface area contributed by atoms with Crippen LogP contribution in [0.2, 0.25) is 0 Å². The molecule has 1 heterocycles. The number of rotatable bonds is 6. The maximum Gasteiger partial charge on any atom is 0.223 e. The molecule has 0 spiro atoms. The summed E-state index contributed by atoms with van der Waals surface area (Å²) in [5, 5.41) is 0. The minimum absolute atomic E-state index is 0.0555. The number of hydrogen-bond donors (Lipinski definition) is 0. The van der Waals surface area contributed by atoms with Crippen molar-refractivity contribution >= 4 is 15.9 Å². The minimum atomic E-state index is -3.35. The number of likely N-dealkylation sites (tertiary alicyclic amines) is 1. The molecule has 0 aromatic heterocycles. The van der Waals surface area contributed by atoms with Gasteiger partial charge in [-0.05, 0) is 36.8 Å². The molecule has 1 saturated heterocycles. The molecule has 1 aliphatic rings. The summed E-state index contributed by atoms with van der Waals surface area (Å²) in [6.45, 7) is 6.25. The van der Waals surface area contributed by atoms with Crippen LogP contribution in [0.3, 0.4) is 0 Å². The molecular formula is C18H28N2O3S. The van der Waals surface area contributed by atoms with Gasteiger partial charge in [0.05, 0.1) is 6.26 Å². The molecule has 1 aromatic carbocycles. The number of carbonyl (C=O) groups excluding carboxylic acids is 1. The van der Waals surface area contributed by atoms with Crippen molar-refractivity contribution in [3.05, 3.63) is 35.4 Å². The Morgan fingerprint density at radius 1 is 1.33 bits per heavy atom. The van der Waals surface area contributed by atoms with Crippen molar-refractivity contribution in [2.45, 2.75) is 39.7 Å². The molecule has 0 saturated carbocycles. The molecule has 1 atom stereocenters. The van der Waals surface area contributed by atoms with Crippen LogP contribution >= 0.6 is 0 Å². The molecule has 134 valence electrons. The van der Waals surface area contributed by atoms with Crippen LogP contribution in [0.1, 0.15) is 37.3 Å². The Bertz CT molecular complexity index is 673. The number of sulfonamides is 1. The Morgan fingerprint density at radius 3 is 2.67 bits per heavy atom. The van der Waals surface area contributed by atoms with Crippen molar-refractivity contribution in [2.24, 2.45) is 5.92 Å². The Labute approximate surface area is 145 Å². The van der Waals surface area contributed by atoms with Crippen LogP contribution in [0, 0.1) is 12.8 Å². The van der Waals surface area contributed by atoms with Crippen LogP contribution in [-0.2, 0) is 21.4 Å². The SMILES string of the molecule is Cc1ccccc1CN(CCC(=O)N1CCCC(C)C1)S(C)(=O)=O. The average molecular weight is 353 g/mol. The van der Waals surface area contributed by atoms with Gasteiger partial charge in [0, 0.05) is 32.6 Å². The topological polar surface area (TPSA) is 57.7 Å². The predicted molar refractivity (Wildman–Crippen MR) is 96.0 cm³/mol. The highest BCUT2D eigenvalue weighted by molar-refractivity contribution is 7.88. The second-order valence-electron chi connectivity index (χ2n) is 6.86. The fourth-order valence-electron chi connectivity index (χ4n) is 3.13. The lowest BCUT2D eigenvalue weighted by atomic mass is 10.00. The molecule has 1 aliphatic heterocycles. The summed E-state index contributed by atoms with van der Waals surface area (Å²) in [7, 11) is -3.35. The predicted octanol–water partition coefficient (Wildman–Crippen LogP) is 2.41. The molecule has 1 unspecified atom stereocenters. The smallest absolute Gasteiger partial charge is 0.223 e. The summed E-state index contributed by atoms with van der Waals surface area (Å²) in [6, 6.07) is 7.74. The van der Waals surface area contributed by atoms with Gasteiger partial charge in [-0.3, -0.25) is 4.79 Å². The van der Waals surface area contributed by atoms with Crippen LogP contribution in [0.5, 0.6) is 0 Å². The van der Waals surface area contributed by atoms with Gasteiger partial charge < -0.3 is 4.90 Å². The molecule has 1 aromatic rings. The molecule has 0 radical (unpaired) electrons. The number of benzene rings is 1. The minimum Gasteiger partial charge on any atom is -0.342 e. The van der Waals surface area contributed by atoms with Crippen LogP contribution in [0.25, 0.3) is 0 Å². The van der Waals surface area contributed by atoms with E-state index < -0.39 is 10.0 Å². The van der Waals surface area contributed by atoms with Gasteiger partial charge in [0.2, 0.25) is 15.9 Å². The monoisotopic (exact) mass is 352 g/mol. The molecule has 2 rings (SSSR count). The molecular weight excluding hydrogens is 324 g/mol. The number of piperidine rings is 1. The van der Waals surface area contributed by atoms with Gasteiger partial charge in [-0.15, -0.1) is 0 Å². The van der Waals surface area contributed by atoms with Crippen LogP contribution in [0.4, 0.5) is 0 Å². The Kier molecular flexibility index (Phi) is 6.40. The highest BCUT2D eigenvalue weighted by Gasteiger charge is 2.23. The summed E-state index contributed by atoms with van der Waals surface area (Å²) in [5.74, 6) is 0.584. The number of nitrogens with zero attached hydrogens (tertiary/aromatic N) is 2. The average Bonchev–Trinajstić information content (AvgIpc) is 2.51. The van der Waals surface area contributed by atoms with E-state index in [-0.39, 0.29) is 18.9 Å². The van der Waals surface area contributed by atoms with E-state index in [0.29, 0.717) is 12.5 Å². The van der Waals surface area contributed by atoms with Gasteiger partial charge >= 0.3 is 0 Å². The number of aryl methyl sites for hydroxylation is 1. The zero-order chi connectivity index (χ0) is 17.7. The Hall–Kier alpha value is -1.40. The van der Waals surface area contributed by atoms with Crippen molar-refractivity contribution in [1.82, 2.24) is 9.21 Å². The molecule has 0 N–H and O–H groups in total. The molecule has 6 heteroatoms. The van der Waals surface area contributed by atoms with Gasteiger partial charge in [-0.25, -0.2) is 8.42 Å². The normalized spacial score (nSPS) is 18.8. The van der Waals surface area contributed by atoms with E-state index >= 15 is 0 Å². The fraction of sp³-hybridized carbons (Fsp3) is 0.611. The zero-order valence-corrected chi connectivity index (χ0v) is 15.7. The Morgan fingerprint density at radius 2 is 2.04 bits per heavy atom. The van der Waals surface area contributed by atoms with E-state index in [1.807, 2.05) is 36.1 Å². The van der Waals surface area contributed by atoms with Crippen molar-refractivity contribution in [2.75, 3.05) is 25.9 Å². The summed E-state index contributed by atoms with van der Waals surface area (Å²) in [6.07, 6.45) is 3.64. The van der Waals surface area contributed by atoms with E-state index in [2.05, 4.69) is 6.92 Å².